The Balaban J connectivity index is 1.48. The summed E-state index contributed by atoms with van der Waals surface area (Å²) in [6.45, 7) is 2.95. The minimum atomic E-state index is -3.74. The molecule has 0 saturated carbocycles. The van der Waals surface area contributed by atoms with E-state index in [1.54, 1.807) is 17.0 Å². The predicted octanol–water partition coefficient (Wildman–Crippen LogP) is 2.00. The van der Waals surface area contributed by atoms with Gasteiger partial charge in [-0.3, -0.25) is 9.59 Å². The molecule has 1 fully saturated rings. The van der Waals surface area contributed by atoms with Crippen LogP contribution in [-0.4, -0.2) is 61.7 Å². The van der Waals surface area contributed by atoms with Gasteiger partial charge in [0.05, 0.1) is 15.5 Å². The third kappa shape index (κ3) is 3.75. The molecule has 2 amide bonds. The van der Waals surface area contributed by atoms with E-state index < -0.39 is 16.1 Å². The monoisotopic (exact) mass is 435 g/mol. The number of anilines is 1. The SMILES string of the molecule is CCC1Oc2ccc(S(=O)(=O)N3CCN(C(=O)c4cccs4)CC3)cc2NC1=O. The molecule has 3 heterocycles. The summed E-state index contributed by atoms with van der Waals surface area (Å²) in [6.07, 6.45) is -0.0429. The number of rotatable bonds is 4. The minimum Gasteiger partial charge on any atom is -0.478 e. The Morgan fingerprint density at radius 2 is 2.00 bits per heavy atom. The van der Waals surface area contributed by atoms with Crippen molar-refractivity contribution in [2.75, 3.05) is 31.5 Å². The van der Waals surface area contributed by atoms with Crippen LogP contribution in [-0.2, 0) is 14.8 Å². The number of nitrogens with one attached hydrogen (secondary N) is 1. The largest absolute Gasteiger partial charge is 0.478 e. The van der Waals surface area contributed by atoms with Crippen LogP contribution in [0, 0.1) is 0 Å². The maximum Gasteiger partial charge on any atom is 0.265 e. The van der Waals surface area contributed by atoms with Crippen LogP contribution in [0.4, 0.5) is 5.69 Å². The Morgan fingerprint density at radius 1 is 1.24 bits per heavy atom. The normalized spacial score (nSPS) is 20.0. The number of piperazine rings is 1. The molecule has 1 atom stereocenters. The van der Waals surface area contributed by atoms with Gasteiger partial charge >= 0.3 is 0 Å². The zero-order valence-electron chi connectivity index (χ0n) is 15.8. The fraction of sp³-hybridized carbons (Fsp3) is 0.368. The van der Waals surface area contributed by atoms with E-state index in [9.17, 15) is 18.0 Å². The molecule has 1 N–H and O–H groups in total. The lowest BCUT2D eigenvalue weighted by molar-refractivity contribution is -0.123. The average Bonchev–Trinajstić information content (AvgIpc) is 3.27. The zero-order valence-corrected chi connectivity index (χ0v) is 17.5. The summed E-state index contributed by atoms with van der Waals surface area (Å²) >= 11 is 1.37. The molecule has 0 spiro atoms. The Kier molecular flexibility index (Phi) is 5.32. The molecule has 2 aromatic rings. The van der Waals surface area contributed by atoms with Gasteiger partial charge in [-0.25, -0.2) is 8.42 Å². The summed E-state index contributed by atoms with van der Waals surface area (Å²) in [4.78, 5) is 26.9. The van der Waals surface area contributed by atoms with Crippen molar-refractivity contribution < 1.29 is 22.7 Å². The fourth-order valence-corrected chi connectivity index (χ4v) is 5.54. The number of amides is 2. The van der Waals surface area contributed by atoms with Gasteiger partial charge in [0.2, 0.25) is 10.0 Å². The first-order chi connectivity index (χ1) is 13.9. The molecule has 0 radical (unpaired) electrons. The van der Waals surface area contributed by atoms with Crippen molar-refractivity contribution in [1.29, 1.82) is 0 Å². The van der Waals surface area contributed by atoms with Crippen molar-refractivity contribution in [2.24, 2.45) is 0 Å². The van der Waals surface area contributed by atoms with Gasteiger partial charge in [-0.05, 0) is 36.1 Å². The quantitative estimate of drug-likeness (QED) is 0.793. The Hall–Kier alpha value is -2.43. The third-order valence-corrected chi connectivity index (χ3v) is 7.79. The van der Waals surface area contributed by atoms with Crippen molar-refractivity contribution in [3.05, 3.63) is 40.6 Å². The number of hydrogen-bond acceptors (Lipinski definition) is 6. The summed E-state index contributed by atoms with van der Waals surface area (Å²) < 4.78 is 33.1. The molecular weight excluding hydrogens is 414 g/mol. The maximum absolute atomic E-state index is 13.1. The Labute approximate surface area is 173 Å². The number of ether oxygens (including phenoxy) is 1. The highest BCUT2D eigenvalue weighted by Crippen LogP contribution is 2.33. The first kappa shape index (κ1) is 19.9. The summed E-state index contributed by atoms with van der Waals surface area (Å²) in [6, 6.07) is 8.07. The van der Waals surface area contributed by atoms with Gasteiger partial charge in [0.15, 0.2) is 6.10 Å². The van der Waals surface area contributed by atoms with Crippen molar-refractivity contribution in [2.45, 2.75) is 24.3 Å². The Bertz CT molecular complexity index is 1030. The van der Waals surface area contributed by atoms with Crippen molar-refractivity contribution in [1.82, 2.24) is 9.21 Å². The highest BCUT2D eigenvalue weighted by Gasteiger charge is 2.32. The van der Waals surface area contributed by atoms with Gasteiger partial charge in [-0.2, -0.15) is 4.31 Å². The number of fused-ring (bicyclic) bond motifs is 1. The van der Waals surface area contributed by atoms with E-state index in [0.29, 0.717) is 35.8 Å². The van der Waals surface area contributed by atoms with Crippen LogP contribution in [0.5, 0.6) is 5.75 Å². The van der Waals surface area contributed by atoms with E-state index in [-0.39, 0.29) is 29.8 Å². The summed E-state index contributed by atoms with van der Waals surface area (Å²) in [5.74, 6) is 0.105. The summed E-state index contributed by atoms with van der Waals surface area (Å²) in [5, 5.41) is 4.56. The maximum atomic E-state index is 13.1. The molecule has 10 heteroatoms. The number of carbonyl (C=O) groups is 2. The molecule has 8 nitrogen and oxygen atoms in total. The molecule has 2 aliphatic heterocycles. The molecule has 154 valence electrons. The first-order valence-corrected chi connectivity index (χ1v) is 11.7. The number of hydrogen-bond donors (Lipinski definition) is 1. The summed E-state index contributed by atoms with van der Waals surface area (Å²) in [5.41, 5.74) is 0.354. The molecule has 1 aromatic carbocycles. The molecule has 1 saturated heterocycles. The topological polar surface area (TPSA) is 96.0 Å². The second kappa shape index (κ2) is 7.77. The number of benzene rings is 1. The van der Waals surface area contributed by atoms with Crippen molar-refractivity contribution in [3.8, 4) is 5.75 Å². The van der Waals surface area contributed by atoms with Crippen LogP contribution in [0.15, 0.2) is 40.6 Å². The van der Waals surface area contributed by atoms with Gasteiger partial charge < -0.3 is 15.0 Å². The summed E-state index contributed by atoms with van der Waals surface area (Å²) in [7, 11) is -3.74. The van der Waals surface area contributed by atoms with Crippen LogP contribution in [0.3, 0.4) is 0 Å². The first-order valence-electron chi connectivity index (χ1n) is 9.34. The molecule has 1 unspecified atom stereocenters. The number of thiophene rings is 1. The van der Waals surface area contributed by atoms with Crippen LogP contribution >= 0.6 is 11.3 Å². The van der Waals surface area contributed by atoms with E-state index >= 15 is 0 Å². The van der Waals surface area contributed by atoms with Gasteiger partial charge in [0, 0.05) is 26.2 Å². The lowest BCUT2D eigenvalue weighted by atomic mass is 10.2. The van der Waals surface area contributed by atoms with Gasteiger partial charge in [0.1, 0.15) is 5.75 Å². The second-order valence-electron chi connectivity index (χ2n) is 6.84. The van der Waals surface area contributed by atoms with E-state index in [4.69, 9.17) is 4.74 Å². The van der Waals surface area contributed by atoms with Crippen molar-refractivity contribution in [3.63, 3.8) is 0 Å². The van der Waals surface area contributed by atoms with E-state index in [1.165, 1.54) is 27.8 Å². The minimum absolute atomic E-state index is 0.0730. The second-order valence-corrected chi connectivity index (χ2v) is 9.72. The molecule has 0 bridgehead atoms. The standard InChI is InChI=1S/C19H21N3O5S2/c1-2-15-18(23)20-14-12-13(5-6-16(14)27-15)29(25,26)22-9-7-21(8-10-22)19(24)17-4-3-11-28-17/h3-6,11-12,15H,2,7-10H2,1H3,(H,20,23). The molecule has 4 rings (SSSR count). The van der Waals surface area contributed by atoms with Crippen LogP contribution in [0.2, 0.25) is 0 Å². The number of carbonyl (C=O) groups excluding carboxylic acids is 2. The number of nitrogens with zero attached hydrogens (tertiary/aromatic N) is 2. The van der Waals surface area contributed by atoms with Crippen molar-refractivity contribution >= 4 is 38.9 Å². The third-order valence-electron chi connectivity index (χ3n) is 5.04. The van der Waals surface area contributed by atoms with Gasteiger partial charge in [-0.15, -0.1) is 11.3 Å². The molecule has 29 heavy (non-hydrogen) atoms. The Morgan fingerprint density at radius 3 is 2.66 bits per heavy atom. The van der Waals surface area contributed by atoms with Crippen LogP contribution in [0.25, 0.3) is 0 Å². The molecular formula is C19H21N3O5S2. The van der Waals surface area contributed by atoms with Crippen LogP contribution < -0.4 is 10.1 Å². The van der Waals surface area contributed by atoms with Gasteiger partial charge in [0.25, 0.3) is 11.8 Å². The fourth-order valence-electron chi connectivity index (χ4n) is 3.40. The molecule has 2 aliphatic rings. The lowest BCUT2D eigenvalue weighted by Gasteiger charge is -2.34. The smallest absolute Gasteiger partial charge is 0.265 e. The van der Waals surface area contributed by atoms with Crippen LogP contribution in [0.1, 0.15) is 23.0 Å². The van der Waals surface area contributed by atoms with E-state index in [2.05, 4.69) is 5.32 Å². The highest BCUT2D eigenvalue weighted by atomic mass is 32.2. The zero-order chi connectivity index (χ0) is 20.6. The van der Waals surface area contributed by atoms with Gasteiger partial charge in [-0.1, -0.05) is 13.0 Å². The molecule has 1 aromatic heterocycles. The highest BCUT2D eigenvalue weighted by molar-refractivity contribution is 7.89. The number of sulfonamides is 1. The lowest BCUT2D eigenvalue weighted by Crippen LogP contribution is -2.50. The molecule has 0 aliphatic carbocycles. The van der Waals surface area contributed by atoms with E-state index in [1.807, 2.05) is 18.4 Å². The van der Waals surface area contributed by atoms with E-state index in [0.717, 1.165) is 0 Å². The predicted molar refractivity (Wildman–Crippen MR) is 109 cm³/mol. The average molecular weight is 436 g/mol.